The number of fused-ring (bicyclic) bond motifs is 4. The lowest BCUT2D eigenvalue weighted by molar-refractivity contribution is -0.122. The zero-order chi connectivity index (χ0) is 37.3. The second kappa shape index (κ2) is 15.1. The number of imide groups is 1. The number of allylic oxidation sites excluding steroid dienone is 1. The van der Waals surface area contributed by atoms with Gasteiger partial charge in [-0.15, -0.1) is 0 Å². The molecule has 4 N–H and O–H groups in total. The van der Waals surface area contributed by atoms with Gasteiger partial charge in [-0.25, -0.2) is 0 Å². The summed E-state index contributed by atoms with van der Waals surface area (Å²) in [6.07, 6.45) is 4.55. The molecular formula is C42H38B2N2O8. The fraction of sp³-hybridized carbons (Fsp3) is 0.214. The van der Waals surface area contributed by atoms with Crippen molar-refractivity contribution in [3.05, 3.63) is 138 Å². The Morgan fingerprint density at radius 2 is 1.69 bits per heavy atom. The molecule has 1 aromatic heterocycles. The van der Waals surface area contributed by atoms with Gasteiger partial charge in [0.1, 0.15) is 18.1 Å². The van der Waals surface area contributed by atoms with Crippen molar-refractivity contribution in [3.63, 3.8) is 0 Å². The minimum absolute atomic E-state index is 0.131. The van der Waals surface area contributed by atoms with E-state index in [0.29, 0.717) is 18.6 Å². The van der Waals surface area contributed by atoms with Gasteiger partial charge in [0, 0.05) is 11.6 Å². The van der Waals surface area contributed by atoms with Gasteiger partial charge in [0.2, 0.25) is 11.8 Å². The lowest BCUT2D eigenvalue weighted by Crippen LogP contribution is -2.46. The molecule has 0 bridgehead atoms. The number of rotatable bonds is 10. The third kappa shape index (κ3) is 6.85. The van der Waals surface area contributed by atoms with Gasteiger partial charge in [0.05, 0.1) is 29.3 Å². The lowest BCUT2D eigenvalue weighted by atomic mass is 9.58. The van der Waals surface area contributed by atoms with E-state index in [2.05, 4.69) is 11.1 Å². The highest BCUT2D eigenvalue weighted by atomic mass is 16.5. The third-order valence-corrected chi connectivity index (χ3v) is 10.8. The van der Waals surface area contributed by atoms with Crippen molar-refractivity contribution in [2.45, 2.75) is 31.7 Å². The summed E-state index contributed by atoms with van der Waals surface area (Å²) < 4.78 is 12.6. The van der Waals surface area contributed by atoms with Gasteiger partial charge in [-0.1, -0.05) is 66.7 Å². The second-order valence-electron chi connectivity index (χ2n) is 14.0. The monoisotopic (exact) mass is 720 g/mol. The largest absolute Gasteiger partial charge is 0.507 e. The molecule has 8 rings (SSSR count). The highest BCUT2D eigenvalue weighted by molar-refractivity contribution is 6.58. The smallest absolute Gasteiger partial charge is 0.488 e. The summed E-state index contributed by atoms with van der Waals surface area (Å²) in [6, 6.07) is 32.5. The van der Waals surface area contributed by atoms with Crippen LogP contribution in [0.5, 0.6) is 11.5 Å². The van der Waals surface area contributed by atoms with Crippen LogP contribution in [0.1, 0.15) is 30.5 Å². The molecule has 4 aromatic carbocycles. The minimum Gasteiger partial charge on any atom is -0.507 e. The molecule has 0 unspecified atom stereocenters. The van der Waals surface area contributed by atoms with Crippen LogP contribution >= 0.6 is 0 Å². The Balaban J connectivity index is 1.16. The van der Waals surface area contributed by atoms with Gasteiger partial charge in [-0.05, 0) is 113 Å². The van der Waals surface area contributed by atoms with E-state index in [1.807, 2.05) is 78.9 Å². The van der Waals surface area contributed by atoms with Crippen molar-refractivity contribution in [1.82, 2.24) is 4.98 Å². The predicted molar refractivity (Wildman–Crippen MR) is 207 cm³/mol. The molecule has 54 heavy (non-hydrogen) atoms. The Labute approximate surface area is 313 Å². The van der Waals surface area contributed by atoms with Gasteiger partial charge >= 0.3 is 14.2 Å². The van der Waals surface area contributed by atoms with Gasteiger partial charge in [-0.3, -0.25) is 19.5 Å². The molecule has 2 fully saturated rings. The summed E-state index contributed by atoms with van der Waals surface area (Å²) in [6.45, 7) is 0.172. The van der Waals surface area contributed by atoms with Crippen molar-refractivity contribution in [1.29, 1.82) is 0 Å². The molecule has 0 saturated carbocycles. The summed E-state index contributed by atoms with van der Waals surface area (Å²) in [5, 5.41) is 43.1. The van der Waals surface area contributed by atoms with E-state index in [9.17, 15) is 29.8 Å². The number of phenols is 1. The number of aromatic hydroxyl groups is 1. The normalized spacial score (nSPS) is 21.4. The van der Waals surface area contributed by atoms with Crippen molar-refractivity contribution < 1.29 is 39.2 Å². The summed E-state index contributed by atoms with van der Waals surface area (Å²) >= 11 is 0. The van der Waals surface area contributed by atoms with Crippen molar-refractivity contribution in [2.75, 3.05) is 11.5 Å². The molecule has 2 amide bonds. The van der Waals surface area contributed by atoms with E-state index in [1.165, 1.54) is 12.1 Å². The van der Waals surface area contributed by atoms with Crippen LogP contribution in [0.15, 0.2) is 127 Å². The van der Waals surface area contributed by atoms with Gasteiger partial charge in [0.25, 0.3) is 0 Å². The number of nitrogens with zero attached hydrogens (tertiary/aromatic N) is 2. The van der Waals surface area contributed by atoms with Gasteiger partial charge in [-0.2, -0.15) is 0 Å². The van der Waals surface area contributed by atoms with E-state index in [0.717, 1.165) is 43.6 Å². The second-order valence-corrected chi connectivity index (χ2v) is 14.0. The number of para-hydroxylation sites is 1. The number of hydrogen-bond acceptors (Lipinski definition) is 9. The van der Waals surface area contributed by atoms with Crippen LogP contribution in [0, 0.1) is 17.8 Å². The maximum Gasteiger partial charge on any atom is 0.488 e. The highest BCUT2D eigenvalue weighted by Crippen LogP contribution is 2.51. The number of hydrogen-bond donors (Lipinski definition) is 4. The molecule has 3 heterocycles. The average Bonchev–Trinajstić information content (AvgIpc) is 3.45. The molecule has 3 aliphatic rings. The Kier molecular flexibility index (Phi) is 9.91. The summed E-state index contributed by atoms with van der Waals surface area (Å²) in [7, 11) is -2.94. The maximum atomic E-state index is 14.3. The number of pyridine rings is 1. The van der Waals surface area contributed by atoms with E-state index >= 15 is 0 Å². The summed E-state index contributed by atoms with van der Waals surface area (Å²) in [5.41, 5.74) is 4.77. The molecule has 0 spiro atoms. The fourth-order valence-corrected chi connectivity index (χ4v) is 8.40. The van der Waals surface area contributed by atoms with Crippen LogP contribution in [0.25, 0.3) is 22.4 Å². The Hall–Kier alpha value is -5.52. The van der Waals surface area contributed by atoms with E-state index in [4.69, 9.17) is 9.39 Å². The minimum atomic E-state index is -1.76. The number of phenolic OH excluding ortho intramolecular Hbond substituents is 1. The van der Waals surface area contributed by atoms with Gasteiger partial charge < -0.3 is 29.6 Å². The van der Waals surface area contributed by atoms with E-state index in [-0.39, 0.29) is 48.1 Å². The molecule has 5 aromatic rings. The van der Waals surface area contributed by atoms with Gasteiger partial charge in [0.15, 0.2) is 0 Å². The van der Waals surface area contributed by atoms with Crippen molar-refractivity contribution >= 4 is 59.6 Å². The first-order chi connectivity index (χ1) is 26.3. The molecule has 0 radical (unpaired) electrons. The molecule has 270 valence electrons. The van der Waals surface area contributed by atoms with Crippen molar-refractivity contribution in [3.8, 4) is 11.5 Å². The first-order valence-corrected chi connectivity index (χ1v) is 18.2. The average molecular weight is 720 g/mol. The lowest BCUT2D eigenvalue weighted by Gasteiger charge is -2.43. The molecule has 2 saturated heterocycles. The zero-order valence-electron chi connectivity index (χ0n) is 29.4. The fourth-order valence-electron chi connectivity index (χ4n) is 8.40. The maximum absolute atomic E-state index is 14.3. The molecular weight excluding hydrogens is 682 g/mol. The number of amides is 2. The SMILES string of the molecule is O=C1[C@@H]2[C@@H](CC(COc3ccccc3)=C3[C@@H](CC/C(=C/c4ccc(O)c5ccccc45)c4ccccn4)OB(O)C[C@@H]32)C(=O)N1c1cccc(B(O)O)c1. The van der Waals surface area contributed by atoms with Crippen LogP contribution in [0.2, 0.25) is 6.32 Å². The summed E-state index contributed by atoms with van der Waals surface area (Å²) in [4.78, 5) is 34.3. The standard InChI is InChI=1S/C42H38B2N2O8/c47-37-18-16-26(32-13-4-5-14-33(32)37)21-27(36-15-6-7-20-45-36)17-19-38-39-28(25-53-31-11-2-1-3-12-31)22-34-40(35(39)24-43(50)54-38)42(49)46(41(34)48)30-10-8-9-29(23-30)44(51)52/h1-16,18,20-21,23,34-35,38,40,47,50-52H,17,19,22,24-25H2/b27-21-/t34-,35+,38-,40-/m1/s1. The van der Waals surface area contributed by atoms with E-state index in [1.54, 1.807) is 24.4 Å². The van der Waals surface area contributed by atoms with Crippen LogP contribution in [-0.4, -0.2) is 63.9 Å². The number of ether oxygens (including phenoxy) is 1. The quantitative estimate of drug-likeness (QED) is 0.0887. The Bertz CT molecular complexity index is 2270. The predicted octanol–water partition coefficient (Wildman–Crippen LogP) is 5.02. The van der Waals surface area contributed by atoms with Crippen molar-refractivity contribution in [2.24, 2.45) is 17.8 Å². The number of carbonyl (C=O) groups excluding carboxylic acids is 2. The first-order valence-electron chi connectivity index (χ1n) is 18.2. The molecule has 1 aliphatic carbocycles. The molecule has 2 aliphatic heterocycles. The molecule has 4 atom stereocenters. The summed E-state index contributed by atoms with van der Waals surface area (Å²) in [5.74, 6) is -1.84. The van der Waals surface area contributed by atoms with Crippen LogP contribution in [-0.2, 0) is 14.2 Å². The highest BCUT2D eigenvalue weighted by Gasteiger charge is 2.57. The number of benzene rings is 4. The molecule has 10 nitrogen and oxygen atoms in total. The first kappa shape index (κ1) is 35.5. The van der Waals surface area contributed by atoms with E-state index < -0.39 is 38.1 Å². The molecule has 12 heteroatoms. The Morgan fingerprint density at radius 1 is 0.907 bits per heavy atom. The number of anilines is 1. The number of carbonyl (C=O) groups is 2. The van der Waals surface area contributed by atoms with Crippen LogP contribution < -0.4 is 15.1 Å². The van der Waals surface area contributed by atoms with Crippen LogP contribution in [0.4, 0.5) is 5.69 Å². The topological polar surface area (TPSA) is 150 Å². The Morgan fingerprint density at radius 3 is 2.46 bits per heavy atom. The van der Waals surface area contributed by atoms with Crippen LogP contribution in [0.3, 0.4) is 0 Å². The number of aromatic nitrogens is 1. The zero-order valence-corrected chi connectivity index (χ0v) is 29.4. The third-order valence-electron chi connectivity index (χ3n) is 10.8.